The van der Waals surface area contributed by atoms with Crippen LogP contribution in [0.25, 0.3) is 41.8 Å². The zero-order chi connectivity index (χ0) is 23.9. The van der Waals surface area contributed by atoms with Crippen LogP contribution in [-0.4, -0.2) is 0 Å². The third kappa shape index (κ3) is 3.86. The molecule has 0 N–H and O–H groups in total. The molecule has 4 heteroatoms. The lowest BCUT2D eigenvalue weighted by atomic mass is 10.1. The number of benzene rings is 4. The molecule has 7 rings (SSSR count). The van der Waals surface area contributed by atoms with Gasteiger partial charge in [-0.15, -0.1) is 22.7 Å². The van der Waals surface area contributed by atoms with Gasteiger partial charge in [-0.05, 0) is 22.3 Å². The highest BCUT2D eigenvalue weighted by atomic mass is 32.2. The van der Waals surface area contributed by atoms with Gasteiger partial charge in [-0.25, -0.2) is 0 Å². The van der Waals surface area contributed by atoms with E-state index >= 15 is 0 Å². The second-order valence-electron chi connectivity index (χ2n) is 8.51. The summed E-state index contributed by atoms with van der Waals surface area (Å²) >= 11 is 7.75. The van der Waals surface area contributed by atoms with Gasteiger partial charge in [0.1, 0.15) is 0 Å². The van der Waals surface area contributed by atoms with Crippen molar-refractivity contribution < 1.29 is 0 Å². The normalized spacial score (nSPS) is 12.2. The lowest BCUT2D eigenvalue weighted by molar-refractivity contribution is 1.23. The van der Waals surface area contributed by atoms with Crippen LogP contribution in [0.4, 0.5) is 0 Å². The van der Waals surface area contributed by atoms with E-state index in [2.05, 4.69) is 121 Å². The van der Waals surface area contributed by atoms with E-state index in [0.29, 0.717) is 0 Å². The van der Waals surface area contributed by atoms with Crippen LogP contribution in [0.5, 0.6) is 0 Å². The van der Waals surface area contributed by atoms with Crippen LogP contribution in [0, 0.1) is 0 Å². The molecule has 0 amide bonds. The Balaban J connectivity index is 1.47. The average molecular weight is 533 g/mol. The molecule has 36 heavy (non-hydrogen) atoms. The molecule has 1 aliphatic rings. The third-order valence-corrected chi connectivity index (χ3v) is 12.0. The molecule has 0 saturated heterocycles. The maximum atomic E-state index is 2.24. The zero-order valence-corrected chi connectivity index (χ0v) is 22.4. The molecule has 0 nitrogen and oxygen atoms in total. The molecule has 1 aliphatic heterocycles. The molecule has 0 unspecified atom stereocenters. The van der Waals surface area contributed by atoms with E-state index in [4.69, 9.17) is 0 Å². The van der Waals surface area contributed by atoms with Gasteiger partial charge in [-0.1, -0.05) is 145 Å². The highest BCUT2D eigenvalue weighted by molar-refractivity contribution is 8.06. The standard InChI is InChI=1S/C32H20S4/c1-5-13-21(14-6-1)25-29-30(26(33-25)22-15-7-2-8-16-22)36-32-28(24-19-11-4-12-20-24)34-27(31(32)35-29)23-17-9-3-10-18-23/h1-20H. The highest BCUT2D eigenvalue weighted by Gasteiger charge is 2.32. The van der Waals surface area contributed by atoms with Crippen molar-refractivity contribution in [1.29, 1.82) is 0 Å². The van der Waals surface area contributed by atoms with E-state index in [0.717, 1.165) is 0 Å². The Kier molecular flexibility index (Phi) is 5.83. The first-order chi connectivity index (χ1) is 17.9. The Hall–Kier alpha value is -3.02. The molecule has 2 aromatic heterocycles. The Morgan fingerprint density at radius 2 is 0.500 bits per heavy atom. The van der Waals surface area contributed by atoms with Crippen molar-refractivity contribution in [3.8, 4) is 41.8 Å². The summed E-state index contributed by atoms with van der Waals surface area (Å²) in [4.78, 5) is 11.0. The van der Waals surface area contributed by atoms with Gasteiger partial charge in [0.25, 0.3) is 0 Å². The van der Waals surface area contributed by atoms with Crippen LogP contribution in [-0.2, 0) is 0 Å². The molecule has 0 atom stereocenters. The van der Waals surface area contributed by atoms with Crippen molar-refractivity contribution in [1.82, 2.24) is 0 Å². The van der Waals surface area contributed by atoms with Crippen molar-refractivity contribution in [3.05, 3.63) is 121 Å². The van der Waals surface area contributed by atoms with Crippen molar-refractivity contribution >= 4 is 46.2 Å². The molecule has 0 radical (unpaired) electrons. The van der Waals surface area contributed by atoms with Crippen LogP contribution < -0.4 is 0 Å². The van der Waals surface area contributed by atoms with E-state index in [1.54, 1.807) is 0 Å². The fourth-order valence-corrected chi connectivity index (χ4v) is 10.5. The average Bonchev–Trinajstić information content (AvgIpc) is 3.52. The fraction of sp³-hybridized carbons (Fsp3) is 0. The van der Waals surface area contributed by atoms with E-state index < -0.39 is 0 Å². The van der Waals surface area contributed by atoms with E-state index in [9.17, 15) is 0 Å². The largest absolute Gasteiger partial charge is 0.133 e. The summed E-state index contributed by atoms with van der Waals surface area (Å²) in [5.41, 5.74) is 5.16. The molecule has 3 heterocycles. The quantitative estimate of drug-likeness (QED) is 0.221. The molecular formula is C32H20S4. The second-order valence-corrected chi connectivity index (χ2v) is 12.6. The minimum Gasteiger partial charge on any atom is -0.133 e. The van der Waals surface area contributed by atoms with Gasteiger partial charge < -0.3 is 0 Å². The molecule has 0 aliphatic carbocycles. The minimum atomic E-state index is 1.29. The minimum absolute atomic E-state index is 1.29. The molecule has 172 valence electrons. The predicted octanol–water partition coefficient (Wildman–Crippen LogP) is 11.1. The number of hydrogen-bond donors (Lipinski definition) is 0. The van der Waals surface area contributed by atoms with Crippen LogP contribution in [0.3, 0.4) is 0 Å². The van der Waals surface area contributed by atoms with Crippen LogP contribution in [0.1, 0.15) is 0 Å². The van der Waals surface area contributed by atoms with Gasteiger partial charge in [0.2, 0.25) is 0 Å². The lowest BCUT2D eigenvalue weighted by Crippen LogP contribution is -1.89. The van der Waals surface area contributed by atoms with Crippen molar-refractivity contribution in [2.75, 3.05) is 0 Å². The number of rotatable bonds is 4. The lowest BCUT2D eigenvalue weighted by Gasteiger charge is -2.17. The highest BCUT2D eigenvalue weighted by Crippen LogP contribution is 2.64. The summed E-state index contributed by atoms with van der Waals surface area (Å²) in [6.07, 6.45) is 0. The Labute approximate surface area is 227 Å². The SMILES string of the molecule is c1ccc(-c2sc(-c3ccccc3)c3c2Sc2c(-c4ccccc4)sc(-c4ccccc4)c2S3)cc1. The van der Waals surface area contributed by atoms with Gasteiger partial charge in [-0.3, -0.25) is 0 Å². The summed E-state index contributed by atoms with van der Waals surface area (Å²) in [6.45, 7) is 0. The number of thiophene rings is 2. The monoisotopic (exact) mass is 532 g/mol. The molecular weight excluding hydrogens is 513 g/mol. The first-order valence-electron chi connectivity index (χ1n) is 11.8. The van der Waals surface area contributed by atoms with E-state index in [-0.39, 0.29) is 0 Å². The van der Waals surface area contributed by atoms with Gasteiger partial charge in [0, 0.05) is 19.6 Å². The van der Waals surface area contributed by atoms with Gasteiger partial charge in [-0.2, -0.15) is 0 Å². The molecule has 0 fully saturated rings. The number of fused-ring (bicyclic) bond motifs is 2. The van der Waals surface area contributed by atoms with Crippen molar-refractivity contribution in [3.63, 3.8) is 0 Å². The predicted molar refractivity (Wildman–Crippen MR) is 159 cm³/mol. The third-order valence-electron chi connectivity index (χ3n) is 6.20. The summed E-state index contributed by atoms with van der Waals surface area (Å²) in [7, 11) is 0. The first kappa shape index (κ1) is 22.2. The Morgan fingerprint density at radius 1 is 0.278 bits per heavy atom. The van der Waals surface area contributed by atoms with Crippen molar-refractivity contribution in [2.24, 2.45) is 0 Å². The molecule has 6 aromatic rings. The number of hydrogen-bond acceptors (Lipinski definition) is 4. The van der Waals surface area contributed by atoms with E-state index in [1.165, 1.54) is 61.3 Å². The fourth-order valence-electron chi connectivity index (χ4n) is 4.50. The van der Waals surface area contributed by atoms with Crippen molar-refractivity contribution in [2.45, 2.75) is 19.6 Å². The molecule has 0 spiro atoms. The molecule has 0 saturated carbocycles. The Morgan fingerprint density at radius 3 is 0.722 bits per heavy atom. The molecule has 4 aromatic carbocycles. The first-order valence-corrected chi connectivity index (χ1v) is 15.0. The maximum absolute atomic E-state index is 2.24. The smallest absolute Gasteiger partial charge is 0.0500 e. The molecule has 0 bridgehead atoms. The summed E-state index contributed by atoms with van der Waals surface area (Å²) < 4.78 is 0. The maximum Gasteiger partial charge on any atom is 0.0500 e. The van der Waals surface area contributed by atoms with Crippen LogP contribution in [0.2, 0.25) is 0 Å². The topological polar surface area (TPSA) is 0 Å². The van der Waals surface area contributed by atoms with Crippen LogP contribution >= 0.6 is 46.2 Å². The summed E-state index contributed by atoms with van der Waals surface area (Å²) in [6, 6.07) is 43.4. The second kappa shape index (κ2) is 9.45. The van der Waals surface area contributed by atoms with E-state index in [1.807, 2.05) is 46.2 Å². The van der Waals surface area contributed by atoms with Crippen LogP contribution in [0.15, 0.2) is 141 Å². The van der Waals surface area contributed by atoms with Gasteiger partial charge in [0.05, 0.1) is 19.5 Å². The zero-order valence-electron chi connectivity index (χ0n) is 19.2. The summed E-state index contributed by atoms with van der Waals surface area (Å²) in [5.74, 6) is 0. The van der Waals surface area contributed by atoms with Gasteiger partial charge >= 0.3 is 0 Å². The summed E-state index contributed by atoms with van der Waals surface area (Å²) in [5, 5.41) is 0. The Bertz CT molecular complexity index is 1400. The van der Waals surface area contributed by atoms with Gasteiger partial charge in [0.15, 0.2) is 0 Å².